The van der Waals surface area contributed by atoms with Crippen molar-refractivity contribution >= 4 is 12.0 Å². The minimum atomic E-state index is -0.810. The van der Waals surface area contributed by atoms with Gasteiger partial charge in [-0.15, -0.1) is 0 Å². The number of likely N-dealkylation sites (tertiary alicyclic amines) is 1. The monoisotopic (exact) mass is 284 g/mol. The average Bonchev–Trinajstić information content (AvgIpc) is 2.48. The Bertz CT molecular complexity index is 361. The highest BCUT2D eigenvalue weighted by atomic mass is 16.5. The second-order valence-corrected chi connectivity index (χ2v) is 5.74. The van der Waals surface area contributed by atoms with E-state index in [2.05, 4.69) is 5.32 Å². The molecule has 2 aliphatic rings. The van der Waals surface area contributed by atoms with E-state index in [0.29, 0.717) is 19.5 Å². The zero-order chi connectivity index (χ0) is 14.5. The number of piperidine rings is 1. The number of aliphatic carboxylic acids is 1. The van der Waals surface area contributed by atoms with Crippen LogP contribution in [0.3, 0.4) is 0 Å². The molecule has 0 radical (unpaired) electrons. The molecule has 1 aliphatic carbocycles. The van der Waals surface area contributed by atoms with Gasteiger partial charge in [0.2, 0.25) is 0 Å². The van der Waals surface area contributed by atoms with Gasteiger partial charge in [-0.3, -0.25) is 4.79 Å². The van der Waals surface area contributed by atoms with Crippen LogP contribution >= 0.6 is 0 Å². The summed E-state index contributed by atoms with van der Waals surface area (Å²) in [6.07, 6.45) is 5.62. The number of rotatable bonds is 3. The Kier molecular flexibility index (Phi) is 5.23. The van der Waals surface area contributed by atoms with E-state index in [4.69, 9.17) is 9.84 Å². The molecule has 2 fully saturated rings. The van der Waals surface area contributed by atoms with Gasteiger partial charge in [0.1, 0.15) is 0 Å². The van der Waals surface area contributed by atoms with Crippen LogP contribution in [0.25, 0.3) is 0 Å². The van der Waals surface area contributed by atoms with Crippen molar-refractivity contribution in [2.75, 3.05) is 20.2 Å². The van der Waals surface area contributed by atoms with E-state index < -0.39 is 11.9 Å². The third-order valence-corrected chi connectivity index (χ3v) is 4.37. The molecule has 2 rings (SSSR count). The molecule has 1 aliphatic heterocycles. The van der Waals surface area contributed by atoms with E-state index in [1.165, 1.54) is 0 Å². The highest BCUT2D eigenvalue weighted by Crippen LogP contribution is 2.22. The third-order valence-electron chi connectivity index (χ3n) is 4.37. The normalized spacial score (nSPS) is 30.9. The number of nitrogens with zero attached hydrogens (tertiary/aromatic N) is 1. The summed E-state index contributed by atoms with van der Waals surface area (Å²) in [6.45, 7) is 0.950. The molecule has 0 aromatic carbocycles. The Labute approximate surface area is 119 Å². The lowest BCUT2D eigenvalue weighted by molar-refractivity contribution is -0.143. The SMILES string of the molecule is COC1CCCCC1NC(=O)N1CCCC(C(=O)O)C1. The second-order valence-electron chi connectivity index (χ2n) is 5.74. The van der Waals surface area contributed by atoms with E-state index in [1.54, 1.807) is 12.0 Å². The van der Waals surface area contributed by atoms with Gasteiger partial charge in [-0.1, -0.05) is 12.8 Å². The number of amides is 2. The first kappa shape index (κ1) is 15.1. The number of hydrogen-bond acceptors (Lipinski definition) is 3. The standard InChI is InChI=1S/C14H24N2O4/c1-20-12-7-3-2-6-11(12)15-14(19)16-8-4-5-10(9-16)13(17)18/h10-12H,2-9H2,1H3,(H,15,19)(H,17,18). The van der Waals surface area contributed by atoms with Crippen molar-refractivity contribution in [2.45, 2.75) is 50.7 Å². The van der Waals surface area contributed by atoms with Crippen LogP contribution in [0.15, 0.2) is 0 Å². The number of methoxy groups -OCH3 is 1. The smallest absolute Gasteiger partial charge is 0.317 e. The molecule has 114 valence electrons. The Hall–Kier alpha value is -1.30. The number of carbonyl (C=O) groups is 2. The topological polar surface area (TPSA) is 78.9 Å². The zero-order valence-corrected chi connectivity index (χ0v) is 12.0. The quantitative estimate of drug-likeness (QED) is 0.822. The van der Waals surface area contributed by atoms with Crippen molar-refractivity contribution in [1.29, 1.82) is 0 Å². The van der Waals surface area contributed by atoms with Gasteiger partial charge in [-0.2, -0.15) is 0 Å². The van der Waals surface area contributed by atoms with E-state index in [0.717, 1.165) is 32.1 Å². The van der Waals surface area contributed by atoms with Crippen molar-refractivity contribution in [3.05, 3.63) is 0 Å². The first-order valence-electron chi connectivity index (χ1n) is 7.43. The van der Waals surface area contributed by atoms with Crippen molar-refractivity contribution in [1.82, 2.24) is 10.2 Å². The number of carboxylic acid groups (broad SMARTS) is 1. The highest BCUT2D eigenvalue weighted by molar-refractivity contribution is 5.76. The van der Waals surface area contributed by atoms with Crippen molar-refractivity contribution < 1.29 is 19.4 Å². The van der Waals surface area contributed by atoms with Gasteiger partial charge in [0.25, 0.3) is 0 Å². The minimum absolute atomic E-state index is 0.0476. The number of carboxylic acids is 1. The maximum atomic E-state index is 12.3. The Balaban J connectivity index is 1.88. The summed E-state index contributed by atoms with van der Waals surface area (Å²) in [5.41, 5.74) is 0. The fourth-order valence-electron chi connectivity index (χ4n) is 3.16. The fourth-order valence-corrected chi connectivity index (χ4v) is 3.16. The molecule has 6 nitrogen and oxygen atoms in total. The molecule has 1 saturated carbocycles. The predicted molar refractivity (Wildman–Crippen MR) is 73.5 cm³/mol. The van der Waals surface area contributed by atoms with E-state index in [-0.39, 0.29) is 18.2 Å². The number of urea groups is 1. The fraction of sp³-hybridized carbons (Fsp3) is 0.857. The summed E-state index contributed by atoms with van der Waals surface area (Å²) in [4.78, 5) is 24.9. The van der Waals surface area contributed by atoms with Gasteiger partial charge >= 0.3 is 12.0 Å². The maximum absolute atomic E-state index is 12.3. The lowest BCUT2D eigenvalue weighted by Gasteiger charge is -2.35. The van der Waals surface area contributed by atoms with Crippen LogP contribution in [0.4, 0.5) is 4.79 Å². The summed E-state index contributed by atoms with van der Waals surface area (Å²) in [5, 5.41) is 12.1. The summed E-state index contributed by atoms with van der Waals surface area (Å²) >= 11 is 0. The molecular formula is C14H24N2O4. The number of hydrogen-bond donors (Lipinski definition) is 2. The lowest BCUT2D eigenvalue weighted by Crippen LogP contribution is -2.53. The van der Waals surface area contributed by atoms with Gasteiger partial charge in [-0.05, 0) is 25.7 Å². The largest absolute Gasteiger partial charge is 0.481 e. The van der Waals surface area contributed by atoms with Crippen molar-refractivity contribution in [3.63, 3.8) is 0 Å². The molecule has 2 N–H and O–H groups in total. The molecule has 0 spiro atoms. The van der Waals surface area contributed by atoms with Crippen LogP contribution < -0.4 is 5.32 Å². The molecule has 0 aromatic rings. The van der Waals surface area contributed by atoms with Crippen LogP contribution in [0, 0.1) is 5.92 Å². The Morgan fingerprint density at radius 3 is 2.65 bits per heavy atom. The second kappa shape index (κ2) is 6.92. The van der Waals surface area contributed by atoms with Crippen LogP contribution in [0.2, 0.25) is 0 Å². The average molecular weight is 284 g/mol. The van der Waals surface area contributed by atoms with E-state index in [9.17, 15) is 9.59 Å². The van der Waals surface area contributed by atoms with Crippen molar-refractivity contribution in [2.24, 2.45) is 5.92 Å². The Morgan fingerprint density at radius 1 is 1.20 bits per heavy atom. The van der Waals surface area contributed by atoms with Gasteiger partial charge in [0.05, 0.1) is 18.1 Å². The van der Waals surface area contributed by atoms with Gasteiger partial charge in [0, 0.05) is 20.2 Å². The first-order chi connectivity index (χ1) is 9.61. The van der Waals surface area contributed by atoms with Gasteiger partial charge in [-0.25, -0.2) is 4.79 Å². The van der Waals surface area contributed by atoms with Gasteiger partial charge in [0.15, 0.2) is 0 Å². The predicted octanol–water partition coefficient (Wildman–Crippen LogP) is 1.45. The molecule has 2 amide bonds. The van der Waals surface area contributed by atoms with Gasteiger partial charge < -0.3 is 20.1 Å². The molecule has 6 heteroatoms. The summed E-state index contributed by atoms with van der Waals surface area (Å²) < 4.78 is 5.42. The maximum Gasteiger partial charge on any atom is 0.317 e. The molecular weight excluding hydrogens is 260 g/mol. The van der Waals surface area contributed by atoms with E-state index >= 15 is 0 Å². The Morgan fingerprint density at radius 2 is 1.95 bits per heavy atom. The third kappa shape index (κ3) is 3.62. The summed E-state index contributed by atoms with van der Waals surface area (Å²) in [6, 6.07) is -0.101. The van der Waals surface area contributed by atoms with Crippen LogP contribution in [0.1, 0.15) is 38.5 Å². The molecule has 0 aromatic heterocycles. The van der Waals surface area contributed by atoms with Crippen LogP contribution in [0.5, 0.6) is 0 Å². The molecule has 3 atom stereocenters. The summed E-state index contributed by atoms with van der Waals surface area (Å²) in [5.74, 6) is -1.24. The first-order valence-corrected chi connectivity index (χ1v) is 7.43. The number of carbonyl (C=O) groups excluding carboxylic acids is 1. The van der Waals surface area contributed by atoms with Crippen LogP contribution in [-0.4, -0.2) is 54.4 Å². The summed E-state index contributed by atoms with van der Waals surface area (Å²) in [7, 11) is 1.68. The number of nitrogens with one attached hydrogen (secondary N) is 1. The lowest BCUT2D eigenvalue weighted by atomic mass is 9.92. The molecule has 3 unspecified atom stereocenters. The molecule has 0 bridgehead atoms. The molecule has 1 saturated heterocycles. The number of ether oxygens (including phenoxy) is 1. The zero-order valence-electron chi connectivity index (χ0n) is 12.0. The van der Waals surface area contributed by atoms with Crippen molar-refractivity contribution in [3.8, 4) is 0 Å². The molecule has 20 heavy (non-hydrogen) atoms. The van der Waals surface area contributed by atoms with E-state index in [1.807, 2.05) is 0 Å². The van der Waals surface area contributed by atoms with Crippen LogP contribution in [-0.2, 0) is 9.53 Å². The molecule has 1 heterocycles. The minimum Gasteiger partial charge on any atom is -0.481 e. The highest BCUT2D eigenvalue weighted by Gasteiger charge is 2.31.